The molecule has 0 aliphatic carbocycles. The summed E-state index contributed by atoms with van der Waals surface area (Å²) in [5.41, 5.74) is 1.02. The van der Waals surface area contributed by atoms with Gasteiger partial charge in [-0.1, -0.05) is 11.6 Å². The normalized spacial score (nSPS) is 17.3. The van der Waals surface area contributed by atoms with Crippen molar-refractivity contribution in [3.63, 3.8) is 0 Å². The minimum Gasteiger partial charge on any atom is -0.469 e. The molecule has 7 nitrogen and oxygen atoms in total. The number of non-ortho nitro benzene ring substituents is 1. The van der Waals surface area contributed by atoms with Gasteiger partial charge in [0, 0.05) is 22.2 Å². The third-order valence-corrected chi connectivity index (χ3v) is 4.81. The molecule has 23 heavy (non-hydrogen) atoms. The second-order valence-electron chi connectivity index (χ2n) is 5.01. The highest BCUT2D eigenvalue weighted by Gasteiger charge is 2.24. The highest BCUT2D eigenvalue weighted by molar-refractivity contribution is 8.14. The Morgan fingerprint density at radius 3 is 3.04 bits per heavy atom. The van der Waals surface area contributed by atoms with Crippen LogP contribution in [0.25, 0.3) is 10.9 Å². The van der Waals surface area contributed by atoms with Gasteiger partial charge in [0.1, 0.15) is 10.6 Å². The van der Waals surface area contributed by atoms with Gasteiger partial charge in [-0.25, -0.2) is 0 Å². The Balaban J connectivity index is 1.95. The number of ether oxygens (including phenoxy) is 1. The van der Waals surface area contributed by atoms with Gasteiger partial charge in [-0.05, 0) is 12.1 Å². The molecule has 1 aliphatic rings. The van der Waals surface area contributed by atoms with E-state index in [0.717, 1.165) is 5.04 Å². The fraction of sp³-hybridized carbons (Fsp3) is 0.286. The molecule has 1 unspecified atom stereocenters. The van der Waals surface area contributed by atoms with Crippen LogP contribution in [0.1, 0.15) is 12.1 Å². The number of nitro benzene ring substituents is 1. The van der Waals surface area contributed by atoms with E-state index in [4.69, 9.17) is 11.6 Å². The number of aliphatic imine (C=N–C) groups is 1. The number of hydrogen-bond donors (Lipinski definition) is 1. The summed E-state index contributed by atoms with van der Waals surface area (Å²) in [6, 6.07) is 4.61. The maximum atomic E-state index is 11.3. The summed E-state index contributed by atoms with van der Waals surface area (Å²) in [6.45, 7) is 0. The third kappa shape index (κ3) is 3.18. The Hall–Kier alpha value is -2.06. The number of carbonyl (C=O) groups is 1. The lowest BCUT2D eigenvalue weighted by Crippen LogP contribution is -2.12. The van der Waals surface area contributed by atoms with E-state index in [2.05, 4.69) is 14.7 Å². The lowest BCUT2D eigenvalue weighted by Gasteiger charge is -2.02. The van der Waals surface area contributed by atoms with Crippen LogP contribution in [0.3, 0.4) is 0 Å². The van der Waals surface area contributed by atoms with Gasteiger partial charge in [0.05, 0.1) is 30.2 Å². The molecule has 1 N–H and O–H groups in total. The minimum absolute atomic E-state index is 0.0755. The quantitative estimate of drug-likeness (QED) is 0.517. The molecule has 1 atom stereocenters. The number of benzene rings is 1. The summed E-state index contributed by atoms with van der Waals surface area (Å²) >= 11 is 7.43. The number of halogens is 1. The Morgan fingerprint density at radius 1 is 1.57 bits per heavy atom. The average molecular weight is 354 g/mol. The van der Waals surface area contributed by atoms with Crippen LogP contribution in [0.5, 0.6) is 0 Å². The zero-order chi connectivity index (χ0) is 16.6. The molecular weight excluding hydrogens is 342 g/mol. The van der Waals surface area contributed by atoms with Gasteiger partial charge in [0.25, 0.3) is 5.69 Å². The zero-order valence-electron chi connectivity index (χ0n) is 12.0. The van der Waals surface area contributed by atoms with Crippen LogP contribution in [0.15, 0.2) is 23.2 Å². The number of carbonyl (C=O) groups excluding carboxylic acids is 1. The first-order chi connectivity index (χ1) is 11.0. The van der Waals surface area contributed by atoms with E-state index in [1.165, 1.54) is 24.9 Å². The Morgan fingerprint density at radius 2 is 2.35 bits per heavy atom. The molecule has 1 aromatic carbocycles. The molecule has 0 spiro atoms. The summed E-state index contributed by atoms with van der Waals surface area (Å²) in [6.07, 6.45) is 0.221. The van der Waals surface area contributed by atoms with Crippen molar-refractivity contribution < 1.29 is 14.5 Å². The molecule has 0 amide bonds. The van der Waals surface area contributed by atoms with Crippen molar-refractivity contribution in [1.82, 2.24) is 4.98 Å². The number of nitrogens with one attached hydrogen (secondary N) is 1. The highest BCUT2D eigenvalue weighted by Crippen LogP contribution is 2.32. The third-order valence-electron chi connectivity index (χ3n) is 3.44. The molecule has 0 saturated heterocycles. The predicted octanol–water partition coefficient (Wildman–Crippen LogP) is 3.15. The number of rotatable bonds is 4. The number of fused-ring (bicyclic) bond motifs is 1. The highest BCUT2D eigenvalue weighted by atomic mass is 35.5. The molecule has 0 bridgehead atoms. The lowest BCUT2D eigenvalue weighted by atomic mass is 10.2. The minimum atomic E-state index is -0.474. The Bertz CT molecular complexity index is 833. The van der Waals surface area contributed by atoms with Gasteiger partial charge in [-0.3, -0.25) is 19.9 Å². The summed E-state index contributed by atoms with van der Waals surface area (Å²) in [7, 11) is 1.34. The lowest BCUT2D eigenvalue weighted by molar-refractivity contribution is -0.383. The molecule has 1 aromatic heterocycles. The SMILES string of the molecule is COC(=O)CC1CSC(c2cc3cc(Cl)cc([N+](=O)[O-])c3[nH]2)=N1. The molecule has 2 aromatic rings. The number of aromatic amines is 1. The van der Waals surface area contributed by atoms with E-state index in [-0.39, 0.29) is 24.1 Å². The van der Waals surface area contributed by atoms with Crippen molar-refractivity contribution >= 4 is 51.0 Å². The van der Waals surface area contributed by atoms with Crippen molar-refractivity contribution in [2.45, 2.75) is 12.5 Å². The number of nitro groups is 1. The fourth-order valence-electron chi connectivity index (χ4n) is 2.39. The number of H-pyrrole nitrogens is 1. The summed E-state index contributed by atoms with van der Waals surface area (Å²) in [5.74, 6) is 0.363. The largest absolute Gasteiger partial charge is 0.469 e. The number of esters is 1. The number of hydrogen-bond acceptors (Lipinski definition) is 6. The van der Waals surface area contributed by atoms with E-state index in [1.54, 1.807) is 12.1 Å². The first kappa shape index (κ1) is 15.8. The monoisotopic (exact) mass is 353 g/mol. The Kier molecular flexibility index (Phi) is 4.27. The number of nitrogens with zero attached hydrogens (tertiary/aromatic N) is 2. The second kappa shape index (κ2) is 6.21. The summed E-state index contributed by atoms with van der Waals surface area (Å²) in [4.78, 5) is 29.5. The first-order valence-corrected chi connectivity index (χ1v) is 8.08. The van der Waals surface area contributed by atoms with Crippen LogP contribution >= 0.6 is 23.4 Å². The smallest absolute Gasteiger partial charge is 0.307 e. The number of aromatic nitrogens is 1. The number of thioether (sulfide) groups is 1. The Labute approximate surface area is 140 Å². The predicted molar refractivity (Wildman–Crippen MR) is 89.4 cm³/mol. The van der Waals surface area contributed by atoms with Crippen molar-refractivity contribution in [2.24, 2.45) is 4.99 Å². The molecular formula is C14H12ClN3O4S. The van der Waals surface area contributed by atoms with E-state index in [0.29, 0.717) is 27.4 Å². The van der Waals surface area contributed by atoms with Crippen LogP contribution in [-0.2, 0) is 9.53 Å². The van der Waals surface area contributed by atoms with Crippen molar-refractivity contribution in [2.75, 3.05) is 12.9 Å². The van der Waals surface area contributed by atoms with Crippen LogP contribution in [0.2, 0.25) is 5.02 Å². The first-order valence-electron chi connectivity index (χ1n) is 6.72. The van der Waals surface area contributed by atoms with Crippen molar-refractivity contribution in [1.29, 1.82) is 0 Å². The van der Waals surface area contributed by atoms with Gasteiger partial charge < -0.3 is 9.72 Å². The molecule has 0 saturated carbocycles. The van der Waals surface area contributed by atoms with E-state index >= 15 is 0 Å². The van der Waals surface area contributed by atoms with Crippen LogP contribution < -0.4 is 0 Å². The number of methoxy groups -OCH3 is 1. The molecule has 0 fully saturated rings. The second-order valence-corrected chi connectivity index (χ2v) is 6.45. The molecule has 120 valence electrons. The molecule has 1 aliphatic heterocycles. The standard InChI is InChI=1S/C14H12ClN3O4S/c1-22-12(19)5-9-6-23-14(16-9)10-3-7-2-8(15)4-11(18(20)21)13(7)17-10/h2-4,9,17H,5-6H2,1H3. The molecule has 9 heteroatoms. The van der Waals surface area contributed by atoms with Crippen LogP contribution in [-0.4, -0.2) is 39.8 Å². The van der Waals surface area contributed by atoms with Crippen molar-refractivity contribution in [3.8, 4) is 0 Å². The molecule has 2 heterocycles. The van der Waals surface area contributed by atoms with E-state index in [1.807, 2.05) is 0 Å². The molecule has 3 rings (SSSR count). The topological polar surface area (TPSA) is 97.6 Å². The van der Waals surface area contributed by atoms with Gasteiger partial charge in [-0.15, -0.1) is 11.8 Å². The average Bonchev–Trinajstić information content (AvgIpc) is 3.12. The summed E-state index contributed by atoms with van der Waals surface area (Å²) in [5, 5.41) is 12.8. The zero-order valence-corrected chi connectivity index (χ0v) is 13.6. The van der Waals surface area contributed by atoms with Crippen molar-refractivity contribution in [3.05, 3.63) is 39.0 Å². The van der Waals surface area contributed by atoms with Gasteiger partial charge in [0.15, 0.2) is 0 Å². The molecule has 0 radical (unpaired) electrons. The maximum Gasteiger partial charge on any atom is 0.307 e. The van der Waals surface area contributed by atoms with Crippen LogP contribution in [0.4, 0.5) is 5.69 Å². The van der Waals surface area contributed by atoms with Gasteiger partial charge in [0.2, 0.25) is 0 Å². The fourth-order valence-corrected chi connectivity index (χ4v) is 3.64. The maximum absolute atomic E-state index is 11.3. The van der Waals surface area contributed by atoms with E-state index < -0.39 is 4.92 Å². The van der Waals surface area contributed by atoms with Gasteiger partial charge in [-0.2, -0.15) is 0 Å². The van der Waals surface area contributed by atoms with E-state index in [9.17, 15) is 14.9 Å². The van der Waals surface area contributed by atoms with Gasteiger partial charge >= 0.3 is 5.97 Å². The summed E-state index contributed by atoms with van der Waals surface area (Å²) < 4.78 is 4.64. The van der Waals surface area contributed by atoms with Crippen LogP contribution in [0, 0.1) is 10.1 Å².